The van der Waals surface area contributed by atoms with Crippen LogP contribution in [-0.2, 0) is 27.5 Å². The number of pyridine rings is 1. The molecular weight excluding hydrogens is 393 g/mol. The van der Waals surface area contributed by atoms with E-state index >= 15 is 0 Å². The number of sulfonamides is 1. The Kier molecular flexibility index (Phi) is 6.62. The Morgan fingerprint density at radius 1 is 1.27 bits per heavy atom. The van der Waals surface area contributed by atoms with Gasteiger partial charge in [-0.15, -0.1) is 0 Å². The van der Waals surface area contributed by atoms with Gasteiger partial charge in [0.25, 0.3) is 0 Å². The van der Waals surface area contributed by atoms with Gasteiger partial charge in [0.1, 0.15) is 4.90 Å². The molecule has 1 aromatic carbocycles. The molecule has 2 aromatic rings. The quantitative estimate of drug-likeness (QED) is 0.702. The third-order valence-corrected chi connectivity index (χ3v) is 5.83. The average Bonchev–Trinajstić information content (AvgIpc) is 2.58. The highest BCUT2D eigenvalue weighted by atomic mass is 35.5. The van der Waals surface area contributed by atoms with Gasteiger partial charge in [-0.25, -0.2) is 8.42 Å². The molecule has 2 rings (SSSR count). The number of aromatic nitrogens is 1. The van der Waals surface area contributed by atoms with Crippen LogP contribution in [0.3, 0.4) is 0 Å². The van der Waals surface area contributed by atoms with Crippen molar-refractivity contribution < 1.29 is 26.3 Å². The van der Waals surface area contributed by atoms with Crippen molar-refractivity contribution in [1.29, 1.82) is 0 Å². The van der Waals surface area contributed by atoms with E-state index in [1.807, 2.05) is 0 Å². The zero-order valence-electron chi connectivity index (χ0n) is 13.7. The minimum Gasteiger partial charge on any atom is -0.383 e. The monoisotopic (exact) mass is 408 g/mol. The van der Waals surface area contributed by atoms with E-state index in [1.54, 1.807) is 12.1 Å². The van der Waals surface area contributed by atoms with Crippen molar-refractivity contribution in [3.8, 4) is 0 Å². The van der Waals surface area contributed by atoms with Crippen LogP contribution in [0.2, 0.25) is 5.02 Å². The molecule has 0 aliphatic heterocycles. The van der Waals surface area contributed by atoms with Gasteiger partial charge in [0.05, 0.1) is 17.2 Å². The average molecular weight is 409 g/mol. The van der Waals surface area contributed by atoms with Crippen LogP contribution in [0.25, 0.3) is 0 Å². The molecule has 0 N–H and O–H groups in total. The summed E-state index contributed by atoms with van der Waals surface area (Å²) in [6, 6.07) is 5.50. The number of rotatable bonds is 7. The first-order valence-corrected chi connectivity index (χ1v) is 9.23. The molecule has 0 aliphatic rings. The fraction of sp³-hybridized carbons (Fsp3) is 0.312. The third kappa shape index (κ3) is 4.94. The predicted octanol–water partition coefficient (Wildman–Crippen LogP) is 3.59. The summed E-state index contributed by atoms with van der Waals surface area (Å²) in [7, 11) is -2.90. The lowest BCUT2D eigenvalue weighted by molar-refractivity contribution is -0.137. The maximum absolute atomic E-state index is 13.0. The van der Waals surface area contributed by atoms with Crippen LogP contribution in [-0.4, -0.2) is 38.0 Å². The van der Waals surface area contributed by atoms with Crippen molar-refractivity contribution >= 4 is 21.6 Å². The predicted molar refractivity (Wildman–Crippen MR) is 90.2 cm³/mol. The summed E-state index contributed by atoms with van der Waals surface area (Å²) in [5.41, 5.74) is -0.510. The van der Waals surface area contributed by atoms with Crippen LogP contribution in [0.5, 0.6) is 0 Å². The number of hydrogen-bond acceptors (Lipinski definition) is 4. The number of benzene rings is 1. The van der Waals surface area contributed by atoms with Crippen LogP contribution in [0.15, 0.2) is 47.6 Å². The van der Waals surface area contributed by atoms with Crippen molar-refractivity contribution in [2.45, 2.75) is 17.6 Å². The fourth-order valence-corrected chi connectivity index (χ4v) is 4.10. The van der Waals surface area contributed by atoms with E-state index in [2.05, 4.69) is 4.98 Å². The van der Waals surface area contributed by atoms with Gasteiger partial charge in [0.15, 0.2) is 0 Å². The number of ether oxygens (including phenoxy) is 1. The minimum atomic E-state index is -4.68. The van der Waals surface area contributed by atoms with Crippen molar-refractivity contribution in [1.82, 2.24) is 9.29 Å². The van der Waals surface area contributed by atoms with Crippen LogP contribution in [0, 0.1) is 0 Å². The molecule has 0 spiro atoms. The Morgan fingerprint density at radius 2 is 2.00 bits per heavy atom. The van der Waals surface area contributed by atoms with Gasteiger partial charge < -0.3 is 4.74 Å². The van der Waals surface area contributed by atoms with E-state index < -0.39 is 26.7 Å². The molecule has 1 aromatic heterocycles. The first-order chi connectivity index (χ1) is 12.2. The smallest absolute Gasteiger partial charge is 0.383 e. The van der Waals surface area contributed by atoms with Crippen molar-refractivity contribution in [2.24, 2.45) is 0 Å². The van der Waals surface area contributed by atoms with E-state index in [0.29, 0.717) is 11.6 Å². The second kappa shape index (κ2) is 8.34. The SMILES string of the molecule is COCCN(Cc1cccnc1)S(=O)(=O)c1cc(C(F)(F)F)ccc1Cl. The second-order valence-electron chi connectivity index (χ2n) is 5.34. The van der Waals surface area contributed by atoms with E-state index in [1.165, 1.54) is 19.5 Å². The number of alkyl halides is 3. The second-order valence-corrected chi connectivity index (χ2v) is 7.65. The van der Waals surface area contributed by atoms with Gasteiger partial charge in [-0.05, 0) is 29.8 Å². The Labute approximate surface area is 154 Å². The largest absolute Gasteiger partial charge is 0.416 e. The normalized spacial score (nSPS) is 12.5. The Balaban J connectivity index is 2.46. The molecule has 5 nitrogen and oxygen atoms in total. The van der Waals surface area contributed by atoms with Crippen LogP contribution in [0.1, 0.15) is 11.1 Å². The highest BCUT2D eigenvalue weighted by Crippen LogP contribution is 2.34. The van der Waals surface area contributed by atoms with E-state index in [9.17, 15) is 21.6 Å². The zero-order valence-corrected chi connectivity index (χ0v) is 15.3. The Hall–Kier alpha value is -1.68. The molecule has 0 saturated carbocycles. The van der Waals surface area contributed by atoms with Gasteiger partial charge in [-0.1, -0.05) is 17.7 Å². The third-order valence-electron chi connectivity index (χ3n) is 3.50. The molecule has 0 amide bonds. The fourth-order valence-electron chi connectivity index (χ4n) is 2.19. The highest BCUT2D eigenvalue weighted by molar-refractivity contribution is 7.89. The summed E-state index contributed by atoms with van der Waals surface area (Å²) >= 11 is 5.90. The van der Waals surface area contributed by atoms with Gasteiger partial charge in [0.2, 0.25) is 10.0 Å². The number of nitrogens with zero attached hydrogens (tertiary/aromatic N) is 2. The van der Waals surface area contributed by atoms with E-state index in [-0.39, 0.29) is 24.7 Å². The minimum absolute atomic E-state index is 0.0553. The van der Waals surface area contributed by atoms with Crippen molar-refractivity contribution in [3.05, 3.63) is 58.9 Å². The molecule has 0 aliphatic carbocycles. The maximum atomic E-state index is 13.0. The standard InChI is InChI=1S/C16H16ClF3N2O3S/c1-25-8-7-22(11-12-3-2-6-21-10-12)26(23,24)15-9-13(16(18,19)20)4-5-14(15)17/h2-6,9-10H,7-8,11H2,1H3. The molecule has 0 bridgehead atoms. The molecule has 142 valence electrons. The molecule has 26 heavy (non-hydrogen) atoms. The lowest BCUT2D eigenvalue weighted by Crippen LogP contribution is -2.34. The summed E-state index contributed by atoms with van der Waals surface area (Å²) in [4.78, 5) is 3.31. The first kappa shape index (κ1) is 20.6. The van der Waals surface area contributed by atoms with Crippen molar-refractivity contribution in [2.75, 3.05) is 20.3 Å². The topological polar surface area (TPSA) is 59.5 Å². The molecular formula is C16H16ClF3N2O3S. The van der Waals surface area contributed by atoms with Gasteiger partial charge in [0, 0.05) is 32.6 Å². The van der Waals surface area contributed by atoms with Gasteiger partial charge >= 0.3 is 6.18 Å². The number of hydrogen-bond donors (Lipinski definition) is 0. The van der Waals surface area contributed by atoms with Crippen LogP contribution in [0.4, 0.5) is 13.2 Å². The summed E-state index contributed by atoms with van der Waals surface area (Å²) in [5, 5.41) is -0.286. The van der Waals surface area contributed by atoms with Crippen LogP contribution >= 0.6 is 11.6 Å². The summed E-state index contributed by atoms with van der Waals surface area (Å²) in [5.74, 6) is 0. The van der Waals surface area contributed by atoms with E-state index in [0.717, 1.165) is 16.4 Å². The summed E-state index contributed by atoms with van der Waals surface area (Å²) < 4.78 is 70.7. The van der Waals surface area contributed by atoms with E-state index in [4.69, 9.17) is 16.3 Å². The molecule has 0 saturated heterocycles. The van der Waals surface area contributed by atoms with Gasteiger partial charge in [-0.3, -0.25) is 4.98 Å². The lowest BCUT2D eigenvalue weighted by atomic mass is 10.2. The number of halogens is 4. The molecule has 0 atom stereocenters. The zero-order chi connectivity index (χ0) is 19.4. The summed E-state index contributed by atoms with van der Waals surface area (Å²) in [6.07, 6.45) is -1.68. The maximum Gasteiger partial charge on any atom is 0.416 e. The Morgan fingerprint density at radius 3 is 2.58 bits per heavy atom. The molecule has 0 radical (unpaired) electrons. The van der Waals surface area contributed by atoms with Gasteiger partial charge in [-0.2, -0.15) is 17.5 Å². The molecule has 10 heteroatoms. The lowest BCUT2D eigenvalue weighted by Gasteiger charge is -2.23. The molecule has 1 heterocycles. The van der Waals surface area contributed by atoms with Crippen molar-refractivity contribution in [3.63, 3.8) is 0 Å². The number of methoxy groups -OCH3 is 1. The molecule has 0 unspecified atom stereocenters. The first-order valence-electron chi connectivity index (χ1n) is 7.41. The highest BCUT2D eigenvalue weighted by Gasteiger charge is 2.34. The summed E-state index contributed by atoms with van der Waals surface area (Å²) in [6.45, 7) is -0.0670. The molecule has 0 fully saturated rings. The Bertz CT molecular complexity index is 846. The van der Waals surface area contributed by atoms with Crippen LogP contribution < -0.4 is 0 Å².